The molecule has 1 saturated heterocycles. The average Bonchev–Trinajstić information content (AvgIpc) is 2.94. The monoisotopic (exact) mass is 351 g/mol. The summed E-state index contributed by atoms with van der Waals surface area (Å²) in [6.07, 6.45) is 3.86. The van der Waals surface area contributed by atoms with Gasteiger partial charge >= 0.3 is 0 Å². The highest BCUT2D eigenvalue weighted by molar-refractivity contribution is 5.93. The van der Waals surface area contributed by atoms with Gasteiger partial charge in [-0.15, -0.1) is 24.8 Å². The van der Waals surface area contributed by atoms with Crippen molar-refractivity contribution in [3.63, 3.8) is 0 Å². The van der Waals surface area contributed by atoms with Gasteiger partial charge in [-0.25, -0.2) is 0 Å². The van der Waals surface area contributed by atoms with E-state index in [1.807, 2.05) is 0 Å². The number of furan rings is 1. The highest BCUT2D eigenvalue weighted by Crippen LogP contribution is 2.18. The number of carbonyl (C=O) groups is 1. The van der Waals surface area contributed by atoms with Crippen LogP contribution in [0.25, 0.3) is 0 Å². The molecule has 1 fully saturated rings. The second-order valence-corrected chi connectivity index (χ2v) is 5.81. The Morgan fingerprint density at radius 1 is 1.50 bits per heavy atom. The zero-order valence-electron chi connectivity index (χ0n) is 13.2. The third-order valence-electron chi connectivity index (χ3n) is 3.95. The molecule has 0 aromatic carbocycles. The van der Waals surface area contributed by atoms with Gasteiger partial charge in [-0.2, -0.15) is 0 Å². The highest BCUT2D eigenvalue weighted by atomic mass is 35.5. The second kappa shape index (κ2) is 10.1. The van der Waals surface area contributed by atoms with Crippen LogP contribution in [-0.4, -0.2) is 36.5 Å². The largest absolute Gasteiger partial charge is 0.467 e. The molecule has 0 bridgehead atoms. The minimum Gasteiger partial charge on any atom is -0.467 e. The summed E-state index contributed by atoms with van der Waals surface area (Å²) in [5.74, 6) is 1.10. The molecule has 0 spiro atoms. The fourth-order valence-electron chi connectivity index (χ4n) is 2.68. The van der Waals surface area contributed by atoms with Crippen LogP contribution in [-0.2, 0) is 6.54 Å². The van der Waals surface area contributed by atoms with E-state index in [9.17, 15) is 4.79 Å². The van der Waals surface area contributed by atoms with E-state index in [-0.39, 0.29) is 30.7 Å². The van der Waals surface area contributed by atoms with E-state index in [4.69, 9.17) is 10.2 Å². The summed E-state index contributed by atoms with van der Waals surface area (Å²) < 4.78 is 5.18. The van der Waals surface area contributed by atoms with Crippen molar-refractivity contribution in [3.8, 4) is 0 Å². The van der Waals surface area contributed by atoms with E-state index >= 15 is 0 Å². The molecule has 7 heteroatoms. The van der Waals surface area contributed by atoms with E-state index in [1.54, 1.807) is 6.07 Å². The molecule has 5 nitrogen and oxygen atoms in total. The number of amides is 1. The average molecular weight is 352 g/mol. The van der Waals surface area contributed by atoms with Gasteiger partial charge in [0.2, 0.25) is 0 Å². The van der Waals surface area contributed by atoms with Crippen molar-refractivity contribution in [1.82, 2.24) is 10.2 Å². The number of nitrogens with one attached hydrogen (secondary N) is 1. The van der Waals surface area contributed by atoms with Gasteiger partial charge in [0, 0.05) is 19.1 Å². The molecule has 22 heavy (non-hydrogen) atoms. The molecular weight excluding hydrogens is 325 g/mol. The Bertz CT molecular complexity index is 452. The molecule has 1 atom stereocenters. The second-order valence-electron chi connectivity index (χ2n) is 5.81. The Balaban J connectivity index is 0.00000220. The SMILES string of the molecule is CC(C)N1CCCC(CNC(=O)c2coc(CN)c2)C1.Cl.Cl. The van der Waals surface area contributed by atoms with Gasteiger partial charge in [0.1, 0.15) is 12.0 Å². The molecule has 0 aliphatic carbocycles. The van der Waals surface area contributed by atoms with E-state index in [2.05, 4.69) is 24.1 Å². The zero-order chi connectivity index (χ0) is 14.5. The van der Waals surface area contributed by atoms with Gasteiger partial charge in [0.25, 0.3) is 5.91 Å². The van der Waals surface area contributed by atoms with Crippen LogP contribution in [0.1, 0.15) is 42.8 Å². The van der Waals surface area contributed by atoms with Crippen molar-refractivity contribution in [1.29, 1.82) is 0 Å². The maximum atomic E-state index is 12.0. The normalized spacial score (nSPS) is 18.5. The molecule has 1 amide bonds. The molecule has 128 valence electrons. The lowest BCUT2D eigenvalue weighted by molar-refractivity contribution is 0.0922. The Hall–Kier alpha value is -0.750. The Kier molecular flexibility index (Phi) is 9.76. The maximum absolute atomic E-state index is 12.0. The van der Waals surface area contributed by atoms with Gasteiger partial charge in [-0.05, 0) is 45.2 Å². The first-order chi connectivity index (χ1) is 9.60. The topological polar surface area (TPSA) is 71.5 Å². The fraction of sp³-hybridized carbons (Fsp3) is 0.667. The molecule has 1 aliphatic rings. The Morgan fingerprint density at radius 2 is 2.23 bits per heavy atom. The van der Waals surface area contributed by atoms with E-state index in [0.717, 1.165) is 13.1 Å². The molecule has 2 rings (SSSR count). The standard InChI is InChI=1S/C15H25N3O2.2ClH/c1-11(2)18-5-3-4-12(9-18)8-17-15(19)13-6-14(7-16)20-10-13;;/h6,10-12H,3-5,7-9,16H2,1-2H3,(H,17,19);2*1H. The molecule has 1 aromatic heterocycles. The van der Waals surface area contributed by atoms with Crippen LogP contribution in [0.3, 0.4) is 0 Å². The van der Waals surface area contributed by atoms with Crippen molar-refractivity contribution < 1.29 is 9.21 Å². The van der Waals surface area contributed by atoms with Crippen LogP contribution in [0.4, 0.5) is 0 Å². The number of nitrogens with two attached hydrogens (primary N) is 1. The number of rotatable bonds is 5. The lowest BCUT2D eigenvalue weighted by Gasteiger charge is -2.35. The van der Waals surface area contributed by atoms with Gasteiger partial charge < -0.3 is 20.4 Å². The third-order valence-corrected chi connectivity index (χ3v) is 3.95. The van der Waals surface area contributed by atoms with E-state index < -0.39 is 0 Å². The van der Waals surface area contributed by atoms with Gasteiger partial charge in [0.05, 0.1) is 12.1 Å². The summed E-state index contributed by atoms with van der Waals surface area (Å²) in [5.41, 5.74) is 6.02. The number of hydrogen-bond acceptors (Lipinski definition) is 4. The van der Waals surface area contributed by atoms with Crippen molar-refractivity contribution >= 4 is 30.7 Å². The summed E-state index contributed by atoms with van der Waals surface area (Å²) >= 11 is 0. The first kappa shape index (κ1) is 21.2. The quantitative estimate of drug-likeness (QED) is 0.854. The molecule has 1 aliphatic heterocycles. The smallest absolute Gasteiger partial charge is 0.254 e. The summed E-state index contributed by atoms with van der Waals surface area (Å²) in [6, 6.07) is 2.28. The first-order valence-corrected chi connectivity index (χ1v) is 7.40. The molecular formula is C15H27Cl2N3O2. The minimum absolute atomic E-state index is 0. The van der Waals surface area contributed by atoms with Gasteiger partial charge in [0.15, 0.2) is 0 Å². The lowest BCUT2D eigenvalue weighted by atomic mass is 9.97. The van der Waals surface area contributed by atoms with Crippen molar-refractivity contribution in [2.75, 3.05) is 19.6 Å². The molecule has 1 aromatic rings. The lowest BCUT2D eigenvalue weighted by Crippen LogP contribution is -2.43. The summed E-state index contributed by atoms with van der Waals surface area (Å²) in [4.78, 5) is 14.5. The third kappa shape index (κ3) is 5.80. The van der Waals surface area contributed by atoms with Gasteiger partial charge in [-0.3, -0.25) is 4.79 Å². The van der Waals surface area contributed by atoms with Crippen LogP contribution in [0, 0.1) is 5.92 Å². The zero-order valence-corrected chi connectivity index (χ0v) is 14.8. The Labute approximate surface area is 144 Å². The molecule has 0 radical (unpaired) electrons. The summed E-state index contributed by atoms with van der Waals surface area (Å²) in [6.45, 7) is 7.73. The van der Waals surface area contributed by atoms with Gasteiger partial charge in [-0.1, -0.05) is 0 Å². The summed E-state index contributed by atoms with van der Waals surface area (Å²) in [5, 5.41) is 3.00. The van der Waals surface area contributed by atoms with Crippen molar-refractivity contribution in [2.45, 2.75) is 39.3 Å². The number of hydrogen-bond donors (Lipinski definition) is 2. The van der Waals surface area contributed by atoms with E-state index in [1.165, 1.54) is 25.6 Å². The number of likely N-dealkylation sites (tertiary alicyclic amines) is 1. The summed E-state index contributed by atoms with van der Waals surface area (Å²) in [7, 11) is 0. The predicted molar refractivity (Wildman–Crippen MR) is 92.9 cm³/mol. The molecule has 0 saturated carbocycles. The number of halogens is 2. The van der Waals surface area contributed by atoms with Crippen molar-refractivity contribution in [2.24, 2.45) is 11.7 Å². The Morgan fingerprint density at radius 3 is 2.82 bits per heavy atom. The van der Waals surface area contributed by atoms with Crippen LogP contribution in [0.2, 0.25) is 0 Å². The minimum atomic E-state index is -0.0740. The van der Waals surface area contributed by atoms with E-state index in [0.29, 0.717) is 29.8 Å². The molecule has 3 N–H and O–H groups in total. The maximum Gasteiger partial charge on any atom is 0.254 e. The predicted octanol–water partition coefficient (Wildman–Crippen LogP) is 2.43. The fourth-order valence-corrected chi connectivity index (χ4v) is 2.68. The highest BCUT2D eigenvalue weighted by Gasteiger charge is 2.22. The van der Waals surface area contributed by atoms with Crippen LogP contribution < -0.4 is 11.1 Å². The molecule has 2 heterocycles. The van der Waals surface area contributed by atoms with Crippen LogP contribution in [0.5, 0.6) is 0 Å². The van der Waals surface area contributed by atoms with Crippen LogP contribution in [0.15, 0.2) is 16.7 Å². The molecule has 1 unspecified atom stereocenters. The number of piperidine rings is 1. The number of carbonyl (C=O) groups excluding carboxylic acids is 1. The number of nitrogens with zero attached hydrogens (tertiary/aromatic N) is 1. The first-order valence-electron chi connectivity index (χ1n) is 7.40. The van der Waals surface area contributed by atoms with Crippen LogP contribution >= 0.6 is 24.8 Å². The van der Waals surface area contributed by atoms with Crippen molar-refractivity contribution in [3.05, 3.63) is 23.7 Å².